The monoisotopic (exact) mass is 224 g/mol. The van der Waals surface area contributed by atoms with Crippen LogP contribution in [-0.2, 0) is 19.1 Å². The predicted octanol–water partition coefficient (Wildman–Crippen LogP) is 1.47. The predicted molar refractivity (Wildman–Crippen MR) is 58.5 cm³/mol. The van der Waals surface area contributed by atoms with Gasteiger partial charge in [0, 0.05) is 17.9 Å². The minimum absolute atomic E-state index is 0.0784. The first-order valence-corrected chi connectivity index (χ1v) is 5.13. The van der Waals surface area contributed by atoms with Crippen LogP contribution in [0.1, 0.15) is 13.3 Å². The standard InChI is InChI=1S/C12H16O4/c1-4-5-8-9(6-12(14)16-3)10(13)7-11(8)15-2/h4-5,7-9H,6H2,1-3H3/b5-4-/t8-,9-/m0/s1. The molecule has 0 aromatic carbocycles. The molecule has 0 unspecified atom stereocenters. The molecule has 2 atom stereocenters. The van der Waals surface area contributed by atoms with E-state index in [1.165, 1.54) is 20.3 Å². The van der Waals surface area contributed by atoms with Gasteiger partial charge in [-0.15, -0.1) is 0 Å². The van der Waals surface area contributed by atoms with Crippen LogP contribution in [-0.4, -0.2) is 26.0 Å². The second-order valence-electron chi connectivity index (χ2n) is 3.59. The molecule has 0 amide bonds. The lowest BCUT2D eigenvalue weighted by molar-refractivity contribution is -0.143. The number of ketones is 1. The Morgan fingerprint density at radius 1 is 1.50 bits per heavy atom. The van der Waals surface area contributed by atoms with Crippen LogP contribution in [0.15, 0.2) is 24.0 Å². The Labute approximate surface area is 94.9 Å². The maximum atomic E-state index is 11.7. The van der Waals surface area contributed by atoms with E-state index in [1.807, 2.05) is 19.1 Å². The van der Waals surface area contributed by atoms with Crippen molar-refractivity contribution in [3.05, 3.63) is 24.0 Å². The fourth-order valence-corrected chi connectivity index (χ4v) is 1.84. The number of rotatable bonds is 4. The van der Waals surface area contributed by atoms with Crippen molar-refractivity contribution in [3.63, 3.8) is 0 Å². The summed E-state index contributed by atoms with van der Waals surface area (Å²) in [5, 5.41) is 0. The van der Waals surface area contributed by atoms with Gasteiger partial charge in [-0.05, 0) is 6.92 Å². The number of hydrogen-bond acceptors (Lipinski definition) is 4. The number of hydrogen-bond donors (Lipinski definition) is 0. The van der Waals surface area contributed by atoms with Crippen molar-refractivity contribution in [1.29, 1.82) is 0 Å². The molecule has 0 N–H and O–H groups in total. The van der Waals surface area contributed by atoms with Crippen LogP contribution in [0.3, 0.4) is 0 Å². The average Bonchev–Trinajstić information content (AvgIpc) is 2.57. The fraction of sp³-hybridized carbons (Fsp3) is 0.500. The summed E-state index contributed by atoms with van der Waals surface area (Å²) in [7, 11) is 2.84. The zero-order valence-corrected chi connectivity index (χ0v) is 9.73. The molecule has 0 heterocycles. The highest BCUT2D eigenvalue weighted by atomic mass is 16.5. The number of carbonyl (C=O) groups is 2. The van der Waals surface area contributed by atoms with Crippen molar-refractivity contribution in [2.45, 2.75) is 13.3 Å². The molecule has 1 rings (SSSR count). The molecular weight excluding hydrogens is 208 g/mol. The van der Waals surface area contributed by atoms with Gasteiger partial charge in [-0.2, -0.15) is 0 Å². The highest BCUT2D eigenvalue weighted by Gasteiger charge is 2.37. The second kappa shape index (κ2) is 5.49. The summed E-state index contributed by atoms with van der Waals surface area (Å²) < 4.78 is 9.71. The number of methoxy groups -OCH3 is 2. The first kappa shape index (κ1) is 12.5. The number of ether oxygens (including phenoxy) is 2. The van der Waals surface area contributed by atoms with E-state index in [-0.39, 0.29) is 24.1 Å². The van der Waals surface area contributed by atoms with E-state index in [9.17, 15) is 9.59 Å². The Hall–Kier alpha value is -1.58. The van der Waals surface area contributed by atoms with Gasteiger partial charge >= 0.3 is 5.97 Å². The third-order valence-corrected chi connectivity index (χ3v) is 2.66. The lowest BCUT2D eigenvalue weighted by atomic mass is 9.90. The van der Waals surface area contributed by atoms with Crippen LogP contribution in [0.5, 0.6) is 0 Å². The van der Waals surface area contributed by atoms with E-state index in [0.29, 0.717) is 5.76 Å². The van der Waals surface area contributed by atoms with Gasteiger partial charge < -0.3 is 9.47 Å². The van der Waals surface area contributed by atoms with E-state index in [4.69, 9.17) is 4.74 Å². The highest BCUT2D eigenvalue weighted by Crippen LogP contribution is 2.33. The third kappa shape index (κ3) is 2.51. The van der Waals surface area contributed by atoms with Gasteiger partial charge in [-0.3, -0.25) is 9.59 Å². The summed E-state index contributed by atoms with van der Waals surface area (Å²) in [6, 6.07) is 0. The van der Waals surface area contributed by atoms with E-state index < -0.39 is 5.92 Å². The Kier molecular flexibility index (Phi) is 4.28. The third-order valence-electron chi connectivity index (χ3n) is 2.66. The molecule has 0 fully saturated rings. The number of allylic oxidation sites excluding steroid dienone is 3. The molecule has 1 aliphatic carbocycles. The fourth-order valence-electron chi connectivity index (χ4n) is 1.84. The van der Waals surface area contributed by atoms with Crippen LogP contribution in [0, 0.1) is 11.8 Å². The van der Waals surface area contributed by atoms with Crippen molar-refractivity contribution in [2.75, 3.05) is 14.2 Å². The Balaban J connectivity index is 2.84. The molecule has 0 radical (unpaired) electrons. The summed E-state index contributed by atoms with van der Waals surface area (Å²) >= 11 is 0. The van der Waals surface area contributed by atoms with Crippen LogP contribution in [0.2, 0.25) is 0 Å². The van der Waals surface area contributed by atoms with E-state index in [1.54, 1.807) is 0 Å². The van der Waals surface area contributed by atoms with Crippen molar-refractivity contribution < 1.29 is 19.1 Å². The molecule has 16 heavy (non-hydrogen) atoms. The molecular formula is C12H16O4. The molecule has 0 bridgehead atoms. The second-order valence-corrected chi connectivity index (χ2v) is 3.59. The van der Waals surface area contributed by atoms with Crippen LogP contribution >= 0.6 is 0 Å². The average molecular weight is 224 g/mol. The first-order chi connectivity index (χ1) is 7.63. The topological polar surface area (TPSA) is 52.6 Å². The molecule has 0 saturated carbocycles. The Morgan fingerprint density at radius 2 is 2.19 bits per heavy atom. The minimum Gasteiger partial charge on any atom is -0.500 e. The largest absolute Gasteiger partial charge is 0.500 e. The van der Waals surface area contributed by atoms with E-state index in [2.05, 4.69) is 4.74 Å². The zero-order chi connectivity index (χ0) is 12.1. The van der Waals surface area contributed by atoms with Crippen LogP contribution in [0.25, 0.3) is 0 Å². The molecule has 88 valence electrons. The molecule has 0 aromatic heterocycles. The lowest BCUT2D eigenvalue weighted by Crippen LogP contribution is -2.20. The molecule has 1 aliphatic rings. The number of esters is 1. The molecule has 4 nitrogen and oxygen atoms in total. The summed E-state index contributed by atoms with van der Waals surface area (Å²) in [6.45, 7) is 1.87. The highest BCUT2D eigenvalue weighted by molar-refractivity contribution is 5.97. The van der Waals surface area contributed by atoms with Crippen molar-refractivity contribution in [2.24, 2.45) is 11.8 Å². The van der Waals surface area contributed by atoms with Crippen LogP contribution in [0.4, 0.5) is 0 Å². The normalized spacial score (nSPS) is 24.7. The van der Waals surface area contributed by atoms with Crippen molar-refractivity contribution >= 4 is 11.8 Å². The van der Waals surface area contributed by atoms with Crippen molar-refractivity contribution in [1.82, 2.24) is 0 Å². The molecule has 4 heteroatoms. The van der Waals surface area contributed by atoms with Gasteiger partial charge in [0.15, 0.2) is 5.78 Å². The summed E-state index contributed by atoms with van der Waals surface area (Å²) in [6.07, 6.45) is 5.26. The number of carbonyl (C=O) groups excluding carboxylic acids is 2. The molecule has 0 aromatic rings. The molecule has 0 aliphatic heterocycles. The van der Waals surface area contributed by atoms with Gasteiger partial charge in [-0.25, -0.2) is 0 Å². The SMILES string of the molecule is C/C=C\[C@@H]1C(OC)=CC(=O)[C@H]1CC(=O)OC. The smallest absolute Gasteiger partial charge is 0.306 e. The Morgan fingerprint density at radius 3 is 2.69 bits per heavy atom. The lowest BCUT2D eigenvalue weighted by Gasteiger charge is -2.16. The minimum atomic E-state index is -0.390. The van der Waals surface area contributed by atoms with E-state index >= 15 is 0 Å². The van der Waals surface area contributed by atoms with Gasteiger partial charge in [0.25, 0.3) is 0 Å². The van der Waals surface area contributed by atoms with E-state index in [0.717, 1.165) is 0 Å². The molecule has 0 spiro atoms. The van der Waals surface area contributed by atoms with Gasteiger partial charge in [-0.1, -0.05) is 12.2 Å². The maximum absolute atomic E-state index is 11.7. The van der Waals surface area contributed by atoms with Crippen molar-refractivity contribution in [3.8, 4) is 0 Å². The Bertz CT molecular complexity index is 341. The zero-order valence-electron chi connectivity index (χ0n) is 9.73. The summed E-state index contributed by atoms with van der Waals surface area (Å²) in [4.78, 5) is 22.9. The van der Waals surface area contributed by atoms with Gasteiger partial charge in [0.1, 0.15) is 5.76 Å². The summed E-state index contributed by atoms with van der Waals surface area (Å²) in [5.41, 5.74) is 0. The quantitative estimate of drug-likeness (QED) is 0.536. The molecule has 0 saturated heterocycles. The van der Waals surface area contributed by atoms with Crippen LogP contribution < -0.4 is 0 Å². The van der Waals surface area contributed by atoms with Gasteiger partial charge in [0.2, 0.25) is 0 Å². The maximum Gasteiger partial charge on any atom is 0.306 e. The van der Waals surface area contributed by atoms with Gasteiger partial charge in [0.05, 0.1) is 20.6 Å². The summed E-state index contributed by atoms with van der Waals surface area (Å²) in [5.74, 6) is -0.388. The first-order valence-electron chi connectivity index (χ1n) is 5.13.